The first-order valence-corrected chi connectivity index (χ1v) is 10.0. The zero-order chi connectivity index (χ0) is 18.9. The lowest BCUT2D eigenvalue weighted by atomic mass is 10.1. The fourth-order valence-electron chi connectivity index (χ4n) is 3.06. The fraction of sp³-hybridized carbons (Fsp3) is 0.200. The molecular formula is C20H22N2O3P+. The first-order chi connectivity index (χ1) is 12.3. The monoisotopic (exact) mass is 369 g/mol. The number of hydrogen-bond acceptors (Lipinski definition) is 2. The van der Waals surface area contributed by atoms with Crippen molar-refractivity contribution in [1.82, 2.24) is 4.98 Å². The van der Waals surface area contributed by atoms with Gasteiger partial charge in [-0.15, -0.1) is 0 Å². The smallest absolute Gasteiger partial charge is 0.324 e. The van der Waals surface area contributed by atoms with Crippen LogP contribution in [0.1, 0.15) is 29.4 Å². The number of aromatic nitrogens is 2. The number of nitrogens with zero attached hydrogens (tertiary/aromatic N) is 2. The molecule has 1 aromatic carbocycles. The van der Waals surface area contributed by atoms with Gasteiger partial charge >= 0.3 is 7.60 Å². The van der Waals surface area contributed by atoms with Crippen molar-refractivity contribution in [3.05, 3.63) is 77.9 Å². The van der Waals surface area contributed by atoms with Crippen molar-refractivity contribution < 1.29 is 18.9 Å². The molecule has 2 N–H and O–H groups in total. The number of aryl methyl sites for hydroxylation is 2. The minimum absolute atomic E-state index is 0.567. The van der Waals surface area contributed by atoms with Gasteiger partial charge in [-0.1, -0.05) is 6.07 Å². The minimum Gasteiger partial charge on any atom is -0.324 e. The Kier molecular flexibility index (Phi) is 5.05. The average Bonchev–Trinajstić information content (AvgIpc) is 2.59. The summed E-state index contributed by atoms with van der Waals surface area (Å²) in [6.45, 7) is 5.58. The van der Waals surface area contributed by atoms with E-state index in [1.54, 1.807) is 19.3 Å². The molecule has 0 aliphatic heterocycles. The molecule has 5 nitrogen and oxygen atoms in total. The molecule has 2 heterocycles. The van der Waals surface area contributed by atoms with Gasteiger partial charge in [-0.2, -0.15) is 4.57 Å². The molecule has 134 valence electrons. The highest BCUT2D eigenvalue weighted by molar-refractivity contribution is 7.52. The van der Waals surface area contributed by atoms with E-state index in [-0.39, 0.29) is 0 Å². The van der Waals surface area contributed by atoms with E-state index in [1.807, 2.05) is 61.0 Å². The van der Waals surface area contributed by atoms with E-state index < -0.39 is 13.3 Å². The van der Waals surface area contributed by atoms with Crippen molar-refractivity contribution in [1.29, 1.82) is 0 Å². The van der Waals surface area contributed by atoms with Crippen LogP contribution in [0.5, 0.6) is 0 Å². The molecule has 6 heteroatoms. The lowest BCUT2D eigenvalue weighted by molar-refractivity contribution is -0.604. The predicted octanol–water partition coefficient (Wildman–Crippen LogP) is 3.88. The van der Waals surface area contributed by atoms with Crippen molar-refractivity contribution in [2.45, 2.75) is 26.4 Å². The third-order valence-corrected chi connectivity index (χ3v) is 5.69. The van der Waals surface area contributed by atoms with Gasteiger partial charge in [0.1, 0.15) is 5.66 Å². The molecule has 0 saturated carbocycles. The molecule has 1 unspecified atom stereocenters. The molecule has 3 aromatic rings. The Bertz CT molecular complexity index is 963. The van der Waals surface area contributed by atoms with Crippen LogP contribution >= 0.6 is 7.60 Å². The molecule has 0 fully saturated rings. The normalized spacial score (nSPS) is 12.8. The van der Waals surface area contributed by atoms with Gasteiger partial charge in [0.15, 0.2) is 6.20 Å². The summed E-state index contributed by atoms with van der Waals surface area (Å²) in [7, 11) is -4.29. The van der Waals surface area contributed by atoms with Crippen LogP contribution in [0.25, 0.3) is 16.8 Å². The molecule has 0 aliphatic rings. The maximum Gasteiger partial charge on any atom is 0.338 e. The van der Waals surface area contributed by atoms with Crippen LogP contribution in [0.15, 0.2) is 61.1 Å². The summed E-state index contributed by atoms with van der Waals surface area (Å²) in [5.74, 6) is 0. The molecule has 0 amide bonds. The Morgan fingerprint density at radius 2 is 1.58 bits per heavy atom. The highest BCUT2D eigenvalue weighted by atomic mass is 31.2. The topological polar surface area (TPSA) is 74.3 Å². The summed E-state index contributed by atoms with van der Waals surface area (Å²) in [5.41, 5.74) is 4.57. The van der Waals surface area contributed by atoms with E-state index in [0.29, 0.717) is 5.69 Å². The molecule has 2 aromatic heterocycles. The second kappa shape index (κ2) is 7.12. The maximum atomic E-state index is 12.0. The zero-order valence-electron chi connectivity index (χ0n) is 15.0. The minimum atomic E-state index is -4.29. The summed E-state index contributed by atoms with van der Waals surface area (Å²) < 4.78 is 13.8. The van der Waals surface area contributed by atoms with E-state index in [1.165, 1.54) is 0 Å². The van der Waals surface area contributed by atoms with Gasteiger partial charge in [-0.25, -0.2) is 0 Å². The number of hydrogen-bond donors (Lipinski definition) is 2. The van der Waals surface area contributed by atoms with Gasteiger partial charge in [0.05, 0.1) is 0 Å². The first kappa shape index (κ1) is 18.5. The summed E-state index contributed by atoms with van der Waals surface area (Å²) in [6, 6.07) is 13.6. The zero-order valence-corrected chi connectivity index (χ0v) is 15.9. The molecular weight excluding hydrogens is 347 g/mol. The number of rotatable bonds is 4. The van der Waals surface area contributed by atoms with Gasteiger partial charge < -0.3 is 9.79 Å². The Morgan fingerprint density at radius 3 is 2.15 bits per heavy atom. The van der Waals surface area contributed by atoms with E-state index >= 15 is 0 Å². The molecule has 0 saturated heterocycles. The number of benzene rings is 1. The highest BCUT2D eigenvalue weighted by Crippen LogP contribution is 2.50. The summed E-state index contributed by atoms with van der Waals surface area (Å²) in [5, 5.41) is 0. The lowest BCUT2D eigenvalue weighted by Gasteiger charge is -2.14. The Hall–Kier alpha value is -2.33. The maximum absolute atomic E-state index is 12.0. The van der Waals surface area contributed by atoms with E-state index in [9.17, 15) is 14.4 Å². The molecule has 0 bridgehead atoms. The fourth-order valence-corrected chi connectivity index (χ4v) is 3.60. The Morgan fingerprint density at radius 1 is 0.962 bits per heavy atom. The first-order valence-electron chi connectivity index (χ1n) is 8.35. The number of pyridine rings is 2. The van der Waals surface area contributed by atoms with Crippen LogP contribution in [0, 0.1) is 13.8 Å². The van der Waals surface area contributed by atoms with Gasteiger partial charge in [-0.05, 0) is 55.2 Å². The quantitative estimate of drug-likeness (QED) is 0.541. The second-order valence-electron chi connectivity index (χ2n) is 6.56. The lowest BCUT2D eigenvalue weighted by Crippen LogP contribution is -2.36. The van der Waals surface area contributed by atoms with Crippen molar-refractivity contribution in [3.63, 3.8) is 0 Å². The third kappa shape index (κ3) is 3.91. The van der Waals surface area contributed by atoms with Gasteiger partial charge in [0.2, 0.25) is 11.4 Å². The van der Waals surface area contributed by atoms with Crippen LogP contribution in [-0.2, 0) is 4.57 Å². The molecule has 0 spiro atoms. The SMILES string of the molecule is Cc1cc(C)cc(-[n+]2ccc(-c3ccncc3)cc2C(C)P(=O)(O)O)c1. The van der Waals surface area contributed by atoms with E-state index in [0.717, 1.165) is 27.9 Å². The second-order valence-corrected chi connectivity index (χ2v) is 8.51. The van der Waals surface area contributed by atoms with Crippen molar-refractivity contribution >= 4 is 7.60 Å². The summed E-state index contributed by atoms with van der Waals surface area (Å²) in [6.07, 6.45) is 5.27. The standard InChI is InChI=1S/C20H21N2O3P/c1-14-10-15(2)12-19(11-14)22-9-6-18(17-4-7-21-8-5-17)13-20(22)16(3)26(23,24)25/h4-13,16H,1-3H3,(H-,23,24,25)/p+1. The van der Waals surface area contributed by atoms with Crippen molar-refractivity contribution in [3.8, 4) is 16.8 Å². The molecule has 0 radical (unpaired) electrons. The average molecular weight is 369 g/mol. The van der Waals surface area contributed by atoms with E-state index in [2.05, 4.69) is 11.1 Å². The largest absolute Gasteiger partial charge is 0.338 e. The van der Waals surface area contributed by atoms with Gasteiger partial charge in [0.25, 0.3) is 0 Å². The summed E-state index contributed by atoms with van der Waals surface area (Å²) in [4.78, 5) is 23.6. The van der Waals surface area contributed by atoms with E-state index in [4.69, 9.17) is 0 Å². The van der Waals surface area contributed by atoms with Gasteiger partial charge in [-0.3, -0.25) is 9.55 Å². The molecule has 3 rings (SSSR count). The van der Waals surface area contributed by atoms with Crippen LogP contribution in [0.3, 0.4) is 0 Å². The van der Waals surface area contributed by atoms with Crippen LogP contribution in [0.2, 0.25) is 0 Å². The predicted molar refractivity (Wildman–Crippen MR) is 101 cm³/mol. The molecule has 26 heavy (non-hydrogen) atoms. The van der Waals surface area contributed by atoms with Crippen LogP contribution in [-0.4, -0.2) is 14.8 Å². The molecule has 0 aliphatic carbocycles. The Labute approximate surface area is 153 Å². The van der Waals surface area contributed by atoms with Crippen molar-refractivity contribution in [2.75, 3.05) is 0 Å². The van der Waals surface area contributed by atoms with Crippen LogP contribution < -0.4 is 4.57 Å². The Balaban J connectivity index is 2.22. The van der Waals surface area contributed by atoms with Gasteiger partial charge in [0, 0.05) is 36.7 Å². The third-order valence-electron chi connectivity index (χ3n) is 4.42. The molecule has 1 atom stereocenters. The van der Waals surface area contributed by atoms with Crippen molar-refractivity contribution in [2.24, 2.45) is 0 Å². The summed E-state index contributed by atoms with van der Waals surface area (Å²) >= 11 is 0. The van der Waals surface area contributed by atoms with Crippen LogP contribution in [0.4, 0.5) is 0 Å². The highest BCUT2D eigenvalue weighted by Gasteiger charge is 2.34.